The van der Waals surface area contributed by atoms with Gasteiger partial charge in [-0.3, -0.25) is 0 Å². The van der Waals surface area contributed by atoms with Crippen molar-refractivity contribution in [1.82, 2.24) is 0 Å². The highest BCUT2D eigenvalue weighted by Gasteiger charge is 2.09. The molecule has 2 rings (SSSR count). The lowest BCUT2D eigenvalue weighted by atomic mass is 10.0. The van der Waals surface area contributed by atoms with E-state index in [9.17, 15) is 5.26 Å². The summed E-state index contributed by atoms with van der Waals surface area (Å²) in [5.74, 6) is 1.35. The standard InChI is InChI=1S/C20H20ClNO2/c1-4-14(2)24-19-10-5-15(12-20(19)23-3)11-17(13-22)16-6-8-18(21)9-7-16/h5-12,14H,4H2,1-3H3/b17-11-/t14-/m0/s1. The van der Waals surface area contributed by atoms with Gasteiger partial charge in [-0.1, -0.05) is 36.7 Å². The third-order valence-corrected chi connectivity index (χ3v) is 3.93. The molecule has 3 nitrogen and oxygen atoms in total. The number of halogens is 1. The van der Waals surface area contributed by atoms with Crippen LogP contribution in [0.15, 0.2) is 42.5 Å². The lowest BCUT2D eigenvalue weighted by molar-refractivity contribution is 0.207. The van der Waals surface area contributed by atoms with E-state index in [0.29, 0.717) is 22.1 Å². The molecule has 0 aliphatic heterocycles. The highest BCUT2D eigenvalue weighted by atomic mass is 35.5. The Hall–Kier alpha value is -2.44. The summed E-state index contributed by atoms with van der Waals surface area (Å²) in [6, 6.07) is 15.1. The van der Waals surface area contributed by atoms with Gasteiger partial charge in [0.1, 0.15) is 0 Å². The monoisotopic (exact) mass is 341 g/mol. The molecule has 0 aliphatic carbocycles. The van der Waals surface area contributed by atoms with Gasteiger partial charge in [-0.2, -0.15) is 5.26 Å². The van der Waals surface area contributed by atoms with E-state index in [2.05, 4.69) is 13.0 Å². The predicted molar refractivity (Wildman–Crippen MR) is 98.3 cm³/mol. The maximum Gasteiger partial charge on any atom is 0.161 e. The van der Waals surface area contributed by atoms with Gasteiger partial charge in [-0.15, -0.1) is 0 Å². The van der Waals surface area contributed by atoms with Crippen LogP contribution in [-0.4, -0.2) is 13.2 Å². The Kier molecular flexibility index (Phi) is 6.28. The molecule has 1 atom stereocenters. The van der Waals surface area contributed by atoms with Gasteiger partial charge < -0.3 is 9.47 Å². The molecule has 0 heterocycles. The topological polar surface area (TPSA) is 42.2 Å². The minimum absolute atomic E-state index is 0.115. The summed E-state index contributed by atoms with van der Waals surface area (Å²) in [6.45, 7) is 4.08. The molecule has 0 N–H and O–H groups in total. The molecule has 2 aromatic rings. The number of benzene rings is 2. The average Bonchev–Trinajstić information content (AvgIpc) is 2.61. The first-order valence-electron chi connectivity index (χ1n) is 7.79. The van der Waals surface area contributed by atoms with Crippen LogP contribution < -0.4 is 9.47 Å². The smallest absolute Gasteiger partial charge is 0.161 e. The van der Waals surface area contributed by atoms with Crippen LogP contribution in [0.5, 0.6) is 11.5 Å². The van der Waals surface area contributed by atoms with Crippen molar-refractivity contribution in [1.29, 1.82) is 5.26 Å². The van der Waals surface area contributed by atoms with Crippen LogP contribution in [0.3, 0.4) is 0 Å². The Morgan fingerprint density at radius 2 is 1.92 bits per heavy atom. The molecule has 0 bridgehead atoms. The Balaban J connectivity index is 2.34. The fourth-order valence-corrected chi connectivity index (χ4v) is 2.27. The first-order chi connectivity index (χ1) is 11.6. The Labute approximate surface area is 148 Å². The summed E-state index contributed by atoms with van der Waals surface area (Å²) in [7, 11) is 1.61. The zero-order valence-corrected chi connectivity index (χ0v) is 14.8. The van der Waals surface area contributed by atoms with E-state index in [1.165, 1.54) is 0 Å². The number of nitriles is 1. The van der Waals surface area contributed by atoms with Crippen LogP contribution >= 0.6 is 11.6 Å². The number of hydrogen-bond acceptors (Lipinski definition) is 3. The van der Waals surface area contributed by atoms with Gasteiger partial charge in [0.2, 0.25) is 0 Å². The van der Waals surface area contributed by atoms with Crippen molar-refractivity contribution in [3.8, 4) is 17.6 Å². The minimum Gasteiger partial charge on any atom is -0.493 e. The van der Waals surface area contributed by atoms with E-state index in [0.717, 1.165) is 17.5 Å². The van der Waals surface area contributed by atoms with Crippen molar-refractivity contribution in [2.24, 2.45) is 0 Å². The van der Waals surface area contributed by atoms with Crippen LogP contribution in [0.25, 0.3) is 11.6 Å². The second-order valence-electron chi connectivity index (χ2n) is 5.42. The summed E-state index contributed by atoms with van der Waals surface area (Å²) >= 11 is 5.90. The zero-order valence-electron chi connectivity index (χ0n) is 14.0. The molecule has 0 aromatic heterocycles. The number of allylic oxidation sites excluding steroid dienone is 1. The number of rotatable bonds is 6. The molecule has 0 aliphatic rings. The average molecular weight is 342 g/mol. The van der Waals surface area contributed by atoms with Gasteiger partial charge >= 0.3 is 0 Å². The number of ether oxygens (including phenoxy) is 2. The second kappa shape index (κ2) is 8.42. The van der Waals surface area contributed by atoms with Gasteiger partial charge in [0, 0.05) is 5.02 Å². The van der Waals surface area contributed by atoms with Crippen molar-refractivity contribution >= 4 is 23.3 Å². The Bertz CT molecular complexity index is 760. The summed E-state index contributed by atoms with van der Waals surface area (Å²) in [5.41, 5.74) is 2.25. The van der Waals surface area contributed by atoms with Crippen molar-refractivity contribution in [3.63, 3.8) is 0 Å². The van der Waals surface area contributed by atoms with Gasteiger partial charge in [0.25, 0.3) is 0 Å². The molecular weight excluding hydrogens is 322 g/mol. The van der Waals surface area contributed by atoms with Crippen molar-refractivity contribution in [3.05, 3.63) is 58.6 Å². The third-order valence-electron chi connectivity index (χ3n) is 3.68. The quantitative estimate of drug-likeness (QED) is 0.508. The van der Waals surface area contributed by atoms with Crippen molar-refractivity contribution in [2.75, 3.05) is 7.11 Å². The lowest BCUT2D eigenvalue weighted by Gasteiger charge is -2.15. The summed E-state index contributed by atoms with van der Waals surface area (Å²) in [5, 5.41) is 10.1. The second-order valence-corrected chi connectivity index (χ2v) is 5.86. The van der Waals surface area contributed by atoms with E-state index < -0.39 is 0 Å². The third kappa shape index (κ3) is 4.53. The first kappa shape index (κ1) is 17.9. The van der Waals surface area contributed by atoms with Gasteiger partial charge in [0.05, 0.1) is 24.9 Å². The highest BCUT2D eigenvalue weighted by Crippen LogP contribution is 2.31. The number of nitrogens with zero attached hydrogens (tertiary/aromatic N) is 1. The molecule has 0 unspecified atom stereocenters. The zero-order chi connectivity index (χ0) is 17.5. The maximum atomic E-state index is 9.43. The molecule has 0 saturated heterocycles. The maximum absolute atomic E-state index is 9.43. The minimum atomic E-state index is 0.115. The van der Waals surface area contributed by atoms with Gasteiger partial charge in [-0.25, -0.2) is 0 Å². The SMILES string of the molecule is CC[C@H](C)Oc1ccc(/C=C(/C#N)c2ccc(Cl)cc2)cc1OC. The van der Waals surface area contributed by atoms with Crippen LogP contribution in [0, 0.1) is 11.3 Å². The summed E-state index contributed by atoms with van der Waals surface area (Å²) < 4.78 is 11.3. The Morgan fingerprint density at radius 3 is 2.50 bits per heavy atom. The largest absolute Gasteiger partial charge is 0.493 e. The van der Waals surface area contributed by atoms with Crippen LogP contribution in [-0.2, 0) is 0 Å². The van der Waals surface area contributed by atoms with Crippen molar-refractivity contribution in [2.45, 2.75) is 26.4 Å². The van der Waals surface area contributed by atoms with E-state index in [-0.39, 0.29) is 6.10 Å². The summed E-state index contributed by atoms with van der Waals surface area (Å²) in [4.78, 5) is 0. The molecule has 0 radical (unpaired) electrons. The molecule has 124 valence electrons. The Morgan fingerprint density at radius 1 is 1.21 bits per heavy atom. The van der Waals surface area contributed by atoms with Gasteiger partial charge in [-0.05, 0) is 54.8 Å². The first-order valence-corrected chi connectivity index (χ1v) is 8.17. The molecule has 2 aromatic carbocycles. The fraction of sp³-hybridized carbons (Fsp3) is 0.250. The normalized spacial score (nSPS) is 12.4. The van der Waals surface area contributed by atoms with E-state index in [1.54, 1.807) is 19.2 Å². The molecule has 0 spiro atoms. The van der Waals surface area contributed by atoms with Crippen LogP contribution in [0.2, 0.25) is 5.02 Å². The summed E-state index contributed by atoms with van der Waals surface area (Å²) in [6.07, 6.45) is 2.85. The molecule has 24 heavy (non-hydrogen) atoms. The van der Waals surface area contributed by atoms with Crippen molar-refractivity contribution < 1.29 is 9.47 Å². The molecule has 0 fully saturated rings. The van der Waals surface area contributed by atoms with Gasteiger partial charge in [0.15, 0.2) is 11.5 Å². The highest BCUT2D eigenvalue weighted by molar-refractivity contribution is 6.30. The van der Waals surface area contributed by atoms with E-state index in [1.807, 2.05) is 43.3 Å². The molecule has 0 amide bonds. The predicted octanol–water partition coefficient (Wildman–Crippen LogP) is 5.59. The van der Waals surface area contributed by atoms with Crippen LogP contribution in [0.1, 0.15) is 31.4 Å². The van der Waals surface area contributed by atoms with Crippen LogP contribution in [0.4, 0.5) is 0 Å². The fourth-order valence-electron chi connectivity index (χ4n) is 2.15. The van der Waals surface area contributed by atoms with E-state index >= 15 is 0 Å². The number of methoxy groups -OCH3 is 1. The number of hydrogen-bond donors (Lipinski definition) is 0. The van der Waals surface area contributed by atoms with E-state index in [4.69, 9.17) is 21.1 Å². The molecule has 0 saturated carbocycles. The molecule has 4 heteroatoms. The molecular formula is C20H20ClNO2. The lowest BCUT2D eigenvalue weighted by Crippen LogP contribution is -2.10.